The SMILES string of the molecule is Cc1ccc(N[C@H]2CC[C@H](Oc3ccnc(N4CCN(C(=O)OC(C)(C)C)CC4)c3)CC2)cc1. The molecule has 2 aliphatic rings. The zero-order valence-electron chi connectivity index (χ0n) is 20.9. The van der Waals surface area contributed by atoms with Crippen LogP contribution in [-0.4, -0.2) is 59.9 Å². The number of nitrogens with one attached hydrogen (secondary N) is 1. The van der Waals surface area contributed by atoms with Crippen molar-refractivity contribution in [2.45, 2.75) is 71.1 Å². The molecule has 0 bridgehead atoms. The first-order valence-electron chi connectivity index (χ1n) is 12.4. The topological polar surface area (TPSA) is 66.9 Å². The Labute approximate surface area is 203 Å². The van der Waals surface area contributed by atoms with Gasteiger partial charge in [-0.3, -0.25) is 0 Å². The van der Waals surface area contributed by atoms with Crippen LogP contribution in [0.1, 0.15) is 52.0 Å². The molecular formula is C27H38N4O3. The smallest absolute Gasteiger partial charge is 0.410 e. The monoisotopic (exact) mass is 466 g/mol. The first kappa shape index (κ1) is 24.2. The summed E-state index contributed by atoms with van der Waals surface area (Å²) in [6, 6.07) is 13.1. The largest absolute Gasteiger partial charge is 0.490 e. The number of nitrogens with zero attached hydrogens (tertiary/aromatic N) is 3. The van der Waals surface area contributed by atoms with Crippen molar-refractivity contribution in [3.05, 3.63) is 48.2 Å². The maximum Gasteiger partial charge on any atom is 0.410 e. The molecule has 0 spiro atoms. The van der Waals surface area contributed by atoms with E-state index in [9.17, 15) is 4.79 Å². The van der Waals surface area contributed by atoms with E-state index in [-0.39, 0.29) is 12.2 Å². The lowest BCUT2D eigenvalue weighted by molar-refractivity contribution is 0.0240. The molecule has 1 saturated heterocycles. The number of amides is 1. The number of rotatable bonds is 5. The maximum atomic E-state index is 12.3. The van der Waals surface area contributed by atoms with Gasteiger partial charge in [-0.05, 0) is 71.6 Å². The van der Waals surface area contributed by atoms with Crippen molar-refractivity contribution in [2.24, 2.45) is 0 Å². The van der Waals surface area contributed by atoms with E-state index >= 15 is 0 Å². The fourth-order valence-corrected chi connectivity index (χ4v) is 4.49. The highest BCUT2D eigenvalue weighted by atomic mass is 16.6. The number of carbonyl (C=O) groups excluding carboxylic acids is 1. The molecule has 1 aromatic heterocycles. The van der Waals surface area contributed by atoms with Gasteiger partial charge in [0.15, 0.2) is 0 Å². The maximum absolute atomic E-state index is 12.3. The summed E-state index contributed by atoms with van der Waals surface area (Å²) in [5, 5.41) is 3.66. The van der Waals surface area contributed by atoms with Gasteiger partial charge in [-0.15, -0.1) is 0 Å². The molecule has 0 atom stereocenters. The zero-order chi connectivity index (χ0) is 24.1. The van der Waals surface area contributed by atoms with Gasteiger partial charge in [0.05, 0.1) is 6.10 Å². The Bertz CT molecular complexity index is 941. The molecule has 184 valence electrons. The van der Waals surface area contributed by atoms with Crippen LogP contribution < -0.4 is 15.0 Å². The number of anilines is 2. The number of pyridine rings is 1. The molecule has 2 fully saturated rings. The van der Waals surface area contributed by atoms with Gasteiger partial charge in [0.2, 0.25) is 0 Å². The first-order valence-corrected chi connectivity index (χ1v) is 12.4. The van der Waals surface area contributed by atoms with Crippen molar-refractivity contribution >= 4 is 17.6 Å². The van der Waals surface area contributed by atoms with Crippen LogP contribution in [0.25, 0.3) is 0 Å². The normalized spacial score (nSPS) is 21.2. The Hall–Kier alpha value is -2.96. The lowest BCUT2D eigenvalue weighted by atomic mass is 9.92. The van der Waals surface area contributed by atoms with Gasteiger partial charge >= 0.3 is 6.09 Å². The van der Waals surface area contributed by atoms with Crippen molar-refractivity contribution in [3.8, 4) is 5.75 Å². The second kappa shape index (κ2) is 10.5. The third-order valence-corrected chi connectivity index (χ3v) is 6.37. The van der Waals surface area contributed by atoms with Crippen molar-refractivity contribution in [1.82, 2.24) is 9.88 Å². The molecule has 1 saturated carbocycles. The molecule has 7 heteroatoms. The van der Waals surface area contributed by atoms with E-state index in [1.54, 1.807) is 4.90 Å². The van der Waals surface area contributed by atoms with Crippen molar-refractivity contribution in [2.75, 3.05) is 36.4 Å². The minimum atomic E-state index is -0.475. The van der Waals surface area contributed by atoms with Gasteiger partial charge < -0.3 is 24.6 Å². The van der Waals surface area contributed by atoms with Gasteiger partial charge in [-0.1, -0.05) is 17.7 Å². The highest BCUT2D eigenvalue weighted by Gasteiger charge is 2.27. The summed E-state index contributed by atoms with van der Waals surface area (Å²) >= 11 is 0. The molecule has 34 heavy (non-hydrogen) atoms. The summed E-state index contributed by atoms with van der Waals surface area (Å²) in [4.78, 5) is 20.8. The average molecular weight is 467 g/mol. The van der Waals surface area contributed by atoms with E-state index in [1.807, 2.05) is 39.1 Å². The standard InChI is InChI=1S/C27H38N4O3/c1-20-5-7-21(8-6-20)29-22-9-11-23(12-10-22)33-24-13-14-28-25(19-24)30-15-17-31(18-16-30)26(32)34-27(2,3)4/h5-8,13-14,19,22-23,29H,9-12,15-18H2,1-4H3/t22-,23-. The zero-order valence-corrected chi connectivity index (χ0v) is 20.9. The molecule has 4 rings (SSSR count). The van der Waals surface area contributed by atoms with Crippen LogP contribution in [0.3, 0.4) is 0 Å². The third kappa shape index (κ3) is 6.78. The van der Waals surface area contributed by atoms with Crippen LogP contribution in [0, 0.1) is 6.92 Å². The van der Waals surface area contributed by atoms with Crippen molar-refractivity contribution in [3.63, 3.8) is 0 Å². The molecule has 7 nitrogen and oxygen atoms in total. The minimum absolute atomic E-state index is 0.232. The summed E-state index contributed by atoms with van der Waals surface area (Å²) in [7, 11) is 0. The third-order valence-electron chi connectivity index (χ3n) is 6.37. The van der Waals surface area contributed by atoms with Crippen LogP contribution >= 0.6 is 0 Å². The lowest BCUT2D eigenvalue weighted by Gasteiger charge is -2.36. The number of piperazine rings is 1. The van der Waals surface area contributed by atoms with E-state index in [1.165, 1.54) is 11.3 Å². The Morgan fingerprint density at radius 2 is 1.68 bits per heavy atom. The molecule has 1 aliphatic carbocycles. The Balaban J connectivity index is 1.24. The Kier molecular flexibility index (Phi) is 7.49. The molecule has 2 heterocycles. The molecule has 0 unspecified atom stereocenters. The number of carbonyl (C=O) groups is 1. The van der Waals surface area contributed by atoms with Crippen LogP contribution in [0.15, 0.2) is 42.6 Å². The highest BCUT2D eigenvalue weighted by molar-refractivity contribution is 5.68. The molecular weight excluding hydrogens is 428 g/mol. The predicted molar refractivity (Wildman–Crippen MR) is 136 cm³/mol. The van der Waals surface area contributed by atoms with Crippen molar-refractivity contribution in [1.29, 1.82) is 0 Å². The molecule has 1 amide bonds. The summed E-state index contributed by atoms with van der Waals surface area (Å²) in [6.45, 7) is 10.5. The molecule has 1 aliphatic heterocycles. The fraction of sp³-hybridized carbons (Fsp3) is 0.556. The summed E-state index contributed by atoms with van der Waals surface area (Å²) < 4.78 is 11.8. The molecule has 1 N–H and O–H groups in total. The average Bonchev–Trinajstić information content (AvgIpc) is 2.81. The van der Waals surface area contributed by atoms with Crippen LogP contribution in [-0.2, 0) is 4.74 Å². The summed E-state index contributed by atoms with van der Waals surface area (Å²) in [5.41, 5.74) is 2.00. The number of hydrogen-bond donors (Lipinski definition) is 1. The number of hydrogen-bond acceptors (Lipinski definition) is 6. The van der Waals surface area contributed by atoms with Gasteiger partial charge in [0.25, 0.3) is 0 Å². The van der Waals surface area contributed by atoms with Crippen molar-refractivity contribution < 1.29 is 14.3 Å². The van der Waals surface area contributed by atoms with Crippen LogP contribution in [0.5, 0.6) is 5.75 Å². The van der Waals surface area contributed by atoms with E-state index in [0.717, 1.165) is 50.3 Å². The Morgan fingerprint density at radius 3 is 2.32 bits per heavy atom. The van der Waals surface area contributed by atoms with Gasteiger partial charge in [-0.2, -0.15) is 0 Å². The second-order valence-electron chi connectivity index (χ2n) is 10.4. The Morgan fingerprint density at radius 1 is 1.00 bits per heavy atom. The number of aryl methyl sites for hydroxylation is 1. The highest BCUT2D eigenvalue weighted by Crippen LogP contribution is 2.28. The summed E-state index contributed by atoms with van der Waals surface area (Å²) in [6.07, 6.45) is 6.08. The molecule has 1 aromatic carbocycles. The quantitative estimate of drug-likeness (QED) is 0.649. The van der Waals surface area contributed by atoms with Gasteiger partial charge in [0, 0.05) is 50.2 Å². The number of ether oxygens (including phenoxy) is 2. The van der Waals surface area contributed by atoms with E-state index < -0.39 is 5.60 Å². The van der Waals surface area contributed by atoms with Gasteiger partial charge in [0.1, 0.15) is 17.2 Å². The fourth-order valence-electron chi connectivity index (χ4n) is 4.49. The minimum Gasteiger partial charge on any atom is -0.490 e. The van der Waals surface area contributed by atoms with E-state index in [4.69, 9.17) is 9.47 Å². The predicted octanol–water partition coefficient (Wildman–Crippen LogP) is 5.25. The number of benzene rings is 1. The molecule has 2 aromatic rings. The van der Waals surface area contributed by atoms with E-state index in [0.29, 0.717) is 19.1 Å². The van der Waals surface area contributed by atoms with Crippen LogP contribution in [0.4, 0.5) is 16.3 Å². The first-order chi connectivity index (χ1) is 16.2. The van der Waals surface area contributed by atoms with Crippen LogP contribution in [0.2, 0.25) is 0 Å². The van der Waals surface area contributed by atoms with E-state index in [2.05, 4.69) is 46.4 Å². The summed E-state index contributed by atoms with van der Waals surface area (Å²) in [5.74, 6) is 1.77. The number of aromatic nitrogens is 1. The second-order valence-corrected chi connectivity index (χ2v) is 10.4. The lowest BCUT2D eigenvalue weighted by Crippen LogP contribution is -2.50. The van der Waals surface area contributed by atoms with Gasteiger partial charge in [-0.25, -0.2) is 9.78 Å². The molecule has 0 radical (unpaired) electrons.